The zero-order valence-electron chi connectivity index (χ0n) is 15.8. The van der Waals surface area contributed by atoms with Gasteiger partial charge in [0.25, 0.3) is 0 Å². The van der Waals surface area contributed by atoms with Crippen molar-refractivity contribution in [3.63, 3.8) is 0 Å². The van der Waals surface area contributed by atoms with Gasteiger partial charge in [-0.15, -0.1) is 0 Å². The number of carbonyl (C=O) groups excluding carboxylic acids is 1. The van der Waals surface area contributed by atoms with Crippen LogP contribution in [0.4, 0.5) is 22.1 Å². The van der Waals surface area contributed by atoms with Gasteiger partial charge in [-0.2, -0.15) is 0 Å². The van der Waals surface area contributed by atoms with Crippen LogP contribution in [0.3, 0.4) is 0 Å². The SMILES string of the molecule is Cc1cc(-c2ccc3c(n2)N(C(=O)Nc2cc(Br)ccn2)[C@@H]2CCN3C2)ccn1. The van der Waals surface area contributed by atoms with Gasteiger partial charge in [0.15, 0.2) is 5.82 Å². The number of hydrogen-bond acceptors (Lipinski definition) is 5. The van der Waals surface area contributed by atoms with Gasteiger partial charge in [0.2, 0.25) is 0 Å². The molecule has 2 aliphatic heterocycles. The number of hydrogen-bond donors (Lipinski definition) is 1. The Labute approximate surface area is 176 Å². The summed E-state index contributed by atoms with van der Waals surface area (Å²) >= 11 is 3.42. The fourth-order valence-corrected chi connectivity index (χ4v) is 4.32. The lowest BCUT2D eigenvalue weighted by molar-refractivity contribution is 0.254. The second-order valence-corrected chi connectivity index (χ2v) is 8.19. The fourth-order valence-electron chi connectivity index (χ4n) is 3.98. The van der Waals surface area contributed by atoms with Crippen LogP contribution in [0, 0.1) is 6.92 Å². The molecule has 3 aromatic rings. The maximum absolute atomic E-state index is 13.2. The maximum Gasteiger partial charge on any atom is 0.329 e. The average Bonchev–Trinajstić information content (AvgIpc) is 3.12. The molecule has 8 heteroatoms. The van der Waals surface area contributed by atoms with Crippen molar-refractivity contribution < 1.29 is 4.79 Å². The fraction of sp³-hybridized carbons (Fsp3) is 0.238. The minimum absolute atomic E-state index is 0.0941. The van der Waals surface area contributed by atoms with E-state index >= 15 is 0 Å². The summed E-state index contributed by atoms with van der Waals surface area (Å²) in [5, 5.41) is 2.92. The first-order valence-electron chi connectivity index (χ1n) is 9.49. The average molecular weight is 451 g/mol. The van der Waals surface area contributed by atoms with Gasteiger partial charge in [-0.25, -0.2) is 14.8 Å². The highest BCUT2D eigenvalue weighted by atomic mass is 79.9. The van der Waals surface area contributed by atoms with E-state index in [1.807, 2.05) is 31.2 Å². The van der Waals surface area contributed by atoms with E-state index in [1.54, 1.807) is 23.4 Å². The Hall–Kier alpha value is -3.00. The Balaban J connectivity index is 1.53. The van der Waals surface area contributed by atoms with Gasteiger partial charge in [0, 0.05) is 41.2 Å². The molecule has 1 saturated heterocycles. The molecular formula is C21H19BrN6O. The first kappa shape index (κ1) is 18.1. The minimum atomic E-state index is -0.209. The topological polar surface area (TPSA) is 74.2 Å². The number of urea groups is 1. The predicted octanol–water partition coefficient (Wildman–Crippen LogP) is 4.24. The molecule has 1 atom stereocenters. The largest absolute Gasteiger partial charge is 0.366 e. The highest BCUT2D eigenvalue weighted by molar-refractivity contribution is 9.10. The Bertz CT molecular complexity index is 1100. The van der Waals surface area contributed by atoms with Crippen LogP contribution < -0.4 is 15.1 Å². The van der Waals surface area contributed by atoms with E-state index in [0.717, 1.165) is 46.6 Å². The molecule has 1 N–H and O–H groups in total. The Morgan fingerprint density at radius 2 is 2.03 bits per heavy atom. The van der Waals surface area contributed by atoms with Crippen LogP contribution in [-0.2, 0) is 0 Å². The number of rotatable bonds is 2. The zero-order valence-corrected chi connectivity index (χ0v) is 17.4. The molecule has 2 bridgehead atoms. The summed E-state index contributed by atoms with van der Waals surface area (Å²) in [5.41, 5.74) is 3.74. The summed E-state index contributed by atoms with van der Waals surface area (Å²) in [5.74, 6) is 1.20. The smallest absolute Gasteiger partial charge is 0.329 e. The van der Waals surface area contributed by atoms with Crippen LogP contribution in [0.5, 0.6) is 0 Å². The number of amides is 2. The molecule has 1 fully saturated rings. The molecule has 5 rings (SSSR count). The van der Waals surface area contributed by atoms with Crippen LogP contribution >= 0.6 is 15.9 Å². The number of fused-ring (bicyclic) bond motifs is 4. The van der Waals surface area contributed by atoms with E-state index in [0.29, 0.717) is 11.6 Å². The minimum Gasteiger partial charge on any atom is -0.366 e. The van der Waals surface area contributed by atoms with Gasteiger partial charge in [-0.1, -0.05) is 15.9 Å². The van der Waals surface area contributed by atoms with Crippen LogP contribution in [-0.4, -0.2) is 40.1 Å². The van der Waals surface area contributed by atoms with Crippen molar-refractivity contribution in [1.29, 1.82) is 0 Å². The summed E-state index contributed by atoms with van der Waals surface area (Å²) in [7, 11) is 0. The molecule has 0 aliphatic carbocycles. The van der Waals surface area contributed by atoms with E-state index in [2.05, 4.69) is 42.2 Å². The van der Waals surface area contributed by atoms with Gasteiger partial charge < -0.3 is 4.90 Å². The summed E-state index contributed by atoms with van der Waals surface area (Å²) < 4.78 is 0.863. The molecule has 0 radical (unpaired) electrons. The number of halogens is 1. The summed E-state index contributed by atoms with van der Waals surface area (Å²) in [6.07, 6.45) is 4.35. The third-order valence-corrected chi connectivity index (χ3v) is 5.81. The Morgan fingerprint density at radius 3 is 2.86 bits per heavy atom. The van der Waals surface area contributed by atoms with Crippen molar-refractivity contribution >= 4 is 39.3 Å². The summed E-state index contributed by atoms with van der Waals surface area (Å²) in [6.45, 7) is 3.70. The Kier molecular flexibility index (Phi) is 4.43. The molecule has 2 amide bonds. The van der Waals surface area contributed by atoms with Crippen molar-refractivity contribution in [2.75, 3.05) is 28.2 Å². The number of anilines is 3. The number of carbonyl (C=O) groups is 1. The molecule has 0 aromatic carbocycles. The van der Waals surface area contributed by atoms with E-state index in [-0.39, 0.29) is 12.1 Å². The molecule has 0 unspecified atom stereocenters. The van der Waals surface area contributed by atoms with Crippen molar-refractivity contribution in [1.82, 2.24) is 15.0 Å². The molecule has 2 aliphatic rings. The summed E-state index contributed by atoms with van der Waals surface area (Å²) in [4.78, 5) is 30.7. The van der Waals surface area contributed by atoms with Gasteiger partial charge >= 0.3 is 6.03 Å². The second-order valence-electron chi connectivity index (χ2n) is 7.27. The van der Waals surface area contributed by atoms with E-state index in [4.69, 9.17) is 4.98 Å². The molecule has 0 saturated carbocycles. The third-order valence-electron chi connectivity index (χ3n) is 5.32. The zero-order chi connectivity index (χ0) is 20.0. The number of pyridine rings is 3. The standard InChI is InChI=1S/C21H19BrN6O/c1-13-10-14(4-7-23-13)17-2-3-18-20(25-17)28(16-6-9-27(18)12-16)21(29)26-19-11-15(22)5-8-24-19/h2-5,7-8,10-11,16H,6,9,12H2,1H3,(H,24,26,29)/t16-/m1/s1. The van der Waals surface area contributed by atoms with E-state index in [9.17, 15) is 4.79 Å². The monoisotopic (exact) mass is 450 g/mol. The van der Waals surface area contributed by atoms with Crippen molar-refractivity contribution in [3.8, 4) is 11.3 Å². The quantitative estimate of drug-likeness (QED) is 0.631. The van der Waals surface area contributed by atoms with E-state index in [1.165, 1.54) is 0 Å². The number of nitrogens with one attached hydrogen (secondary N) is 1. The Morgan fingerprint density at radius 1 is 1.17 bits per heavy atom. The number of nitrogens with zero attached hydrogens (tertiary/aromatic N) is 5. The second kappa shape index (κ2) is 7.11. The molecular weight excluding hydrogens is 432 g/mol. The maximum atomic E-state index is 13.2. The van der Waals surface area contributed by atoms with Gasteiger partial charge in [0.1, 0.15) is 5.82 Å². The third kappa shape index (κ3) is 3.33. The first-order valence-corrected chi connectivity index (χ1v) is 10.3. The van der Waals surface area contributed by atoms with Crippen LogP contribution in [0.2, 0.25) is 0 Å². The van der Waals surface area contributed by atoms with Crippen LogP contribution in [0.25, 0.3) is 11.3 Å². The molecule has 7 nitrogen and oxygen atoms in total. The number of aryl methyl sites for hydroxylation is 1. The van der Waals surface area contributed by atoms with Gasteiger partial charge in [0.05, 0.1) is 17.4 Å². The lowest BCUT2D eigenvalue weighted by atomic mass is 10.1. The summed E-state index contributed by atoms with van der Waals surface area (Å²) in [6, 6.07) is 11.5. The molecule has 3 aromatic heterocycles. The number of aromatic nitrogens is 3. The highest BCUT2D eigenvalue weighted by Crippen LogP contribution is 2.40. The van der Waals surface area contributed by atoms with Crippen LogP contribution in [0.15, 0.2) is 53.3 Å². The predicted molar refractivity (Wildman–Crippen MR) is 116 cm³/mol. The van der Waals surface area contributed by atoms with Crippen molar-refractivity contribution in [2.45, 2.75) is 19.4 Å². The van der Waals surface area contributed by atoms with Gasteiger partial charge in [-0.05, 0) is 49.7 Å². The van der Waals surface area contributed by atoms with E-state index < -0.39 is 0 Å². The normalized spacial score (nSPS) is 17.2. The highest BCUT2D eigenvalue weighted by Gasteiger charge is 2.40. The molecule has 0 spiro atoms. The van der Waals surface area contributed by atoms with Crippen molar-refractivity contribution in [3.05, 3.63) is 59.0 Å². The molecule has 5 heterocycles. The first-order chi connectivity index (χ1) is 14.1. The lowest BCUT2D eigenvalue weighted by Gasteiger charge is -2.35. The van der Waals surface area contributed by atoms with Gasteiger partial charge in [-0.3, -0.25) is 15.2 Å². The van der Waals surface area contributed by atoms with Crippen molar-refractivity contribution in [2.24, 2.45) is 0 Å². The van der Waals surface area contributed by atoms with Crippen LogP contribution in [0.1, 0.15) is 12.1 Å². The molecule has 146 valence electrons. The molecule has 29 heavy (non-hydrogen) atoms. The lowest BCUT2D eigenvalue weighted by Crippen LogP contribution is -2.48.